The predicted molar refractivity (Wildman–Crippen MR) is 128 cm³/mol. The van der Waals surface area contributed by atoms with E-state index in [0.29, 0.717) is 23.0 Å². The number of hydrogen-bond acceptors (Lipinski definition) is 4. The third kappa shape index (κ3) is 7.35. The van der Waals surface area contributed by atoms with Crippen molar-refractivity contribution in [2.45, 2.75) is 46.5 Å². The Morgan fingerprint density at radius 2 is 1.73 bits per heavy atom. The van der Waals surface area contributed by atoms with Crippen molar-refractivity contribution in [1.29, 1.82) is 0 Å². The van der Waals surface area contributed by atoms with E-state index < -0.39 is 0 Å². The van der Waals surface area contributed by atoms with Gasteiger partial charge in [-0.25, -0.2) is 0 Å². The number of aryl methyl sites for hydroxylation is 1. The SMILES string of the molecule is CCCCC(CC)COc1ccc(PC(=O)c2c(OC)cccc2OC)c(C)c1.[Li]. The first-order valence-corrected chi connectivity index (χ1v) is 11.3. The van der Waals surface area contributed by atoms with E-state index in [1.54, 1.807) is 26.4 Å². The van der Waals surface area contributed by atoms with Crippen molar-refractivity contribution in [3.8, 4) is 17.2 Å². The van der Waals surface area contributed by atoms with Crippen molar-refractivity contribution < 1.29 is 19.0 Å². The van der Waals surface area contributed by atoms with Crippen LogP contribution in [0.2, 0.25) is 0 Å². The maximum absolute atomic E-state index is 13.0. The van der Waals surface area contributed by atoms with Crippen LogP contribution in [0.3, 0.4) is 0 Å². The smallest absolute Gasteiger partial charge is 0.193 e. The molecule has 2 rings (SSSR count). The van der Waals surface area contributed by atoms with E-state index in [-0.39, 0.29) is 33.0 Å². The molecule has 2 aromatic carbocycles. The van der Waals surface area contributed by atoms with E-state index in [4.69, 9.17) is 14.2 Å². The molecule has 2 unspecified atom stereocenters. The molecule has 0 spiro atoms. The van der Waals surface area contributed by atoms with Gasteiger partial charge in [-0.2, -0.15) is 0 Å². The third-order valence-corrected chi connectivity index (χ3v) is 6.44. The van der Waals surface area contributed by atoms with Gasteiger partial charge in [0, 0.05) is 18.9 Å². The maximum Gasteiger partial charge on any atom is 0.193 e. The molecule has 0 N–H and O–H groups in total. The van der Waals surface area contributed by atoms with Gasteiger partial charge in [0.1, 0.15) is 22.8 Å². The second kappa shape index (κ2) is 13.8. The van der Waals surface area contributed by atoms with E-state index in [1.807, 2.05) is 31.2 Å². The van der Waals surface area contributed by atoms with Crippen LogP contribution in [-0.2, 0) is 0 Å². The minimum absolute atomic E-state index is 0. The number of ether oxygens (including phenoxy) is 3. The van der Waals surface area contributed by atoms with Crippen LogP contribution in [0.5, 0.6) is 17.2 Å². The molecule has 0 heterocycles. The van der Waals surface area contributed by atoms with Crippen molar-refractivity contribution in [1.82, 2.24) is 0 Å². The topological polar surface area (TPSA) is 44.8 Å². The molecular weight excluding hydrogens is 390 g/mol. The minimum Gasteiger partial charge on any atom is -0.496 e. The second-order valence-corrected chi connectivity index (χ2v) is 8.44. The Morgan fingerprint density at radius 1 is 1.07 bits per heavy atom. The molecule has 0 aliphatic rings. The molecular formula is C24H33LiO4P. The molecule has 1 radical (unpaired) electrons. The summed E-state index contributed by atoms with van der Waals surface area (Å²) < 4.78 is 16.8. The van der Waals surface area contributed by atoms with Crippen molar-refractivity contribution in [3.05, 3.63) is 47.5 Å². The van der Waals surface area contributed by atoms with Crippen LogP contribution >= 0.6 is 8.58 Å². The van der Waals surface area contributed by atoms with Crippen molar-refractivity contribution in [3.63, 3.8) is 0 Å². The Balaban J connectivity index is 0.00000450. The molecule has 0 saturated heterocycles. The van der Waals surface area contributed by atoms with Crippen LogP contribution in [0.25, 0.3) is 0 Å². The Labute approximate surface area is 195 Å². The fourth-order valence-electron chi connectivity index (χ4n) is 3.24. The predicted octanol–water partition coefficient (Wildman–Crippen LogP) is 5.37. The molecule has 0 saturated carbocycles. The normalized spacial score (nSPS) is 11.8. The number of benzene rings is 2. The molecule has 159 valence electrons. The standard InChI is InChI=1S/C24H33O4P.Li/c1-6-8-10-18(7-2)16-28-19-13-14-22(17(3)15-19)29-24(25)23-20(26-4)11-9-12-21(23)27-5;/h9,11-15,18,29H,6-8,10,16H2,1-5H3;. The molecule has 0 aromatic heterocycles. The largest absolute Gasteiger partial charge is 0.496 e. The summed E-state index contributed by atoms with van der Waals surface area (Å²) in [5.41, 5.74) is 1.56. The summed E-state index contributed by atoms with van der Waals surface area (Å²) in [6.45, 7) is 7.21. The Hall–Kier alpha value is -1.46. The van der Waals surface area contributed by atoms with Gasteiger partial charge in [0.05, 0.1) is 20.8 Å². The molecule has 0 fully saturated rings. The van der Waals surface area contributed by atoms with Crippen molar-refractivity contribution in [2.75, 3.05) is 20.8 Å². The fraction of sp³-hybridized carbons (Fsp3) is 0.458. The second-order valence-electron chi connectivity index (χ2n) is 7.20. The van der Waals surface area contributed by atoms with E-state index >= 15 is 0 Å². The van der Waals surface area contributed by atoms with E-state index in [0.717, 1.165) is 29.6 Å². The van der Waals surface area contributed by atoms with Gasteiger partial charge in [-0.15, -0.1) is 0 Å². The first-order valence-electron chi connectivity index (χ1n) is 10.3. The molecule has 0 aliphatic carbocycles. The summed E-state index contributed by atoms with van der Waals surface area (Å²) in [6, 6.07) is 11.4. The Morgan fingerprint density at radius 3 is 2.27 bits per heavy atom. The van der Waals surface area contributed by atoms with Gasteiger partial charge in [0.2, 0.25) is 0 Å². The van der Waals surface area contributed by atoms with Gasteiger partial charge in [0.25, 0.3) is 0 Å². The third-order valence-electron chi connectivity index (χ3n) is 5.13. The average Bonchev–Trinajstić information content (AvgIpc) is 2.74. The van der Waals surface area contributed by atoms with Crippen LogP contribution in [-0.4, -0.2) is 45.2 Å². The molecule has 0 aliphatic heterocycles. The summed E-state index contributed by atoms with van der Waals surface area (Å²) in [6.07, 6.45) is 4.81. The van der Waals surface area contributed by atoms with Crippen molar-refractivity contribution >= 4 is 38.3 Å². The number of methoxy groups -OCH3 is 2. The van der Waals surface area contributed by atoms with Gasteiger partial charge in [-0.1, -0.05) is 45.2 Å². The summed E-state index contributed by atoms with van der Waals surface area (Å²) in [5, 5.41) is 1.01. The van der Waals surface area contributed by atoms with Crippen LogP contribution in [0.1, 0.15) is 55.5 Å². The zero-order valence-electron chi connectivity index (χ0n) is 19.2. The summed E-state index contributed by atoms with van der Waals surface area (Å²) in [5.74, 6) is 2.54. The van der Waals surface area contributed by atoms with E-state index in [9.17, 15) is 4.79 Å². The zero-order chi connectivity index (χ0) is 21.2. The number of hydrogen-bond donors (Lipinski definition) is 0. The molecule has 4 nitrogen and oxygen atoms in total. The molecule has 2 atom stereocenters. The first kappa shape index (κ1) is 26.6. The first-order chi connectivity index (χ1) is 14.0. The Kier molecular flexibility index (Phi) is 12.2. The minimum atomic E-state index is -0.00738. The van der Waals surface area contributed by atoms with Crippen LogP contribution in [0.4, 0.5) is 0 Å². The summed E-state index contributed by atoms with van der Waals surface area (Å²) >= 11 is 0. The van der Waals surface area contributed by atoms with Gasteiger partial charge in [-0.3, -0.25) is 4.79 Å². The van der Waals surface area contributed by atoms with Gasteiger partial charge in [-0.05, 0) is 63.0 Å². The summed E-state index contributed by atoms with van der Waals surface area (Å²) in [4.78, 5) is 13.0. The average molecular weight is 423 g/mol. The summed E-state index contributed by atoms with van der Waals surface area (Å²) in [7, 11) is 3.12. The van der Waals surface area contributed by atoms with Gasteiger partial charge < -0.3 is 14.2 Å². The fourth-order valence-corrected chi connectivity index (χ4v) is 4.29. The van der Waals surface area contributed by atoms with Crippen LogP contribution in [0.15, 0.2) is 36.4 Å². The number of carbonyl (C=O) groups is 1. The molecule has 6 heteroatoms. The zero-order valence-corrected chi connectivity index (χ0v) is 20.2. The van der Waals surface area contributed by atoms with E-state index in [1.165, 1.54) is 19.3 Å². The van der Waals surface area contributed by atoms with Gasteiger partial charge >= 0.3 is 0 Å². The number of rotatable bonds is 12. The monoisotopic (exact) mass is 423 g/mol. The van der Waals surface area contributed by atoms with Crippen LogP contribution < -0.4 is 19.5 Å². The molecule has 30 heavy (non-hydrogen) atoms. The van der Waals surface area contributed by atoms with Crippen LogP contribution in [0, 0.1) is 12.8 Å². The molecule has 2 aromatic rings. The Bertz CT molecular complexity index is 788. The van der Waals surface area contributed by atoms with E-state index in [2.05, 4.69) is 13.8 Å². The molecule has 0 bridgehead atoms. The number of carbonyl (C=O) groups excluding carboxylic acids is 1. The maximum atomic E-state index is 13.0. The van der Waals surface area contributed by atoms with Gasteiger partial charge in [0.15, 0.2) is 5.52 Å². The molecule has 0 amide bonds. The van der Waals surface area contributed by atoms with Crippen molar-refractivity contribution in [2.24, 2.45) is 5.92 Å². The number of unbranched alkanes of at least 4 members (excludes halogenated alkanes) is 1. The quantitative estimate of drug-likeness (QED) is 0.340.